The molecule has 2 aromatic rings. The number of aliphatic carboxylic acids is 1. The highest BCUT2D eigenvalue weighted by Crippen LogP contribution is 2.47. The Labute approximate surface area is 208 Å². The fourth-order valence-corrected chi connectivity index (χ4v) is 4.90. The van der Waals surface area contributed by atoms with Crippen molar-refractivity contribution in [3.05, 3.63) is 70.8 Å². The molecule has 1 fully saturated rings. The van der Waals surface area contributed by atoms with Crippen LogP contribution in [0, 0.1) is 5.92 Å². The number of fused-ring (bicyclic) bond motifs is 1. The summed E-state index contributed by atoms with van der Waals surface area (Å²) < 4.78 is 86.0. The molecule has 0 amide bonds. The maximum atomic E-state index is 13.5. The first-order valence-corrected chi connectivity index (χ1v) is 11.6. The number of ether oxygens (including phenoxy) is 1. The molecule has 2 aliphatic rings. The maximum absolute atomic E-state index is 13.5. The van der Waals surface area contributed by atoms with Crippen LogP contribution in [-0.4, -0.2) is 27.8 Å². The van der Waals surface area contributed by atoms with Gasteiger partial charge in [0.2, 0.25) is 0 Å². The number of carboxylic acids is 1. The van der Waals surface area contributed by atoms with Gasteiger partial charge in [0.1, 0.15) is 11.4 Å². The van der Waals surface area contributed by atoms with Crippen molar-refractivity contribution in [2.75, 3.05) is 0 Å². The number of aryl methyl sites for hydroxylation is 1. The summed E-state index contributed by atoms with van der Waals surface area (Å²) in [4.78, 5) is 11.2. The highest BCUT2D eigenvalue weighted by Gasteiger charge is 2.49. The van der Waals surface area contributed by atoms with Gasteiger partial charge in [-0.1, -0.05) is 18.7 Å². The van der Waals surface area contributed by atoms with Crippen LogP contribution in [0.25, 0.3) is 5.70 Å². The highest BCUT2D eigenvalue weighted by atomic mass is 19.4. The Kier molecular flexibility index (Phi) is 6.72. The Morgan fingerprint density at radius 1 is 1.11 bits per heavy atom. The minimum Gasteiger partial charge on any atom is -0.487 e. The van der Waals surface area contributed by atoms with Crippen molar-refractivity contribution in [1.82, 2.24) is 5.32 Å². The van der Waals surface area contributed by atoms with Crippen LogP contribution in [0.2, 0.25) is 0 Å². The minimum absolute atomic E-state index is 0.262. The highest BCUT2D eigenvalue weighted by molar-refractivity contribution is 5.70. The number of alkyl halides is 6. The fourth-order valence-electron chi connectivity index (χ4n) is 4.90. The molecule has 0 aromatic heterocycles. The van der Waals surface area contributed by atoms with E-state index in [4.69, 9.17) is 9.84 Å². The standard InChI is InChI=1S/C26H25F6NO4/c1-13(23(35)36)22(34)16-4-3-15-7-8-24(37-21(15)9-16)11-18(12-24)33-14(2)19-10-17(25(27,28)29)5-6-20(19)26(30,31)32/h3-6,9-10,13,18,22,33-34H,2,7-8,11-12H2,1H3,(H,35,36)/t13-,18?,22+,24?/m0/s1. The lowest BCUT2D eigenvalue weighted by Gasteiger charge is -2.50. The van der Waals surface area contributed by atoms with Crippen molar-refractivity contribution >= 4 is 11.7 Å². The van der Waals surface area contributed by atoms with Crippen LogP contribution >= 0.6 is 0 Å². The average molecular weight is 529 g/mol. The first-order chi connectivity index (χ1) is 17.1. The van der Waals surface area contributed by atoms with Crippen LogP contribution < -0.4 is 10.1 Å². The molecule has 1 spiro atoms. The third-order valence-electron chi connectivity index (χ3n) is 7.06. The third-order valence-corrected chi connectivity index (χ3v) is 7.06. The quantitative estimate of drug-likeness (QED) is 0.403. The molecular weight excluding hydrogens is 504 g/mol. The number of aliphatic hydroxyl groups is 1. The lowest BCUT2D eigenvalue weighted by atomic mass is 9.70. The van der Waals surface area contributed by atoms with Gasteiger partial charge in [0.05, 0.1) is 23.1 Å². The van der Waals surface area contributed by atoms with E-state index >= 15 is 0 Å². The van der Waals surface area contributed by atoms with Crippen LogP contribution in [0.1, 0.15) is 60.1 Å². The van der Waals surface area contributed by atoms with Gasteiger partial charge in [-0.05, 0) is 55.2 Å². The molecule has 0 radical (unpaired) electrons. The second-order valence-corrected chi connectivity index (χ2v) is 9.71. The van der Waals surface area contributed by atoms with Gasteiger partial charge in [0, 0.05) is 30.1 Å². The summed E-state index contributed by atoms with van der Waals surface area (Å²) in [5, 5.41) is 22.3. The molecule has 1 aliphatic carbocycles. The van der Waals surface area contributed by atoms with E-state index in [2.05, 4.69) is 11.9 Å². The van der Waals surface area contributed by atoms with Crippen molar-refractivity contribution in [2.24, 2.45) is 5.92 Å². The number of halogens is 6. The Balaban J connectivity index is 1.47. The molecule has 0 saturated heterocycles. The van der Waals surface area contributed by atoms with E-state index in [-0.39, 0.29) is 11.7 Å². The molecule has 200 valence electrons. The Morgan fingerprint density at radius 2 is 1.78 bits per heavy atom. The molecule has 37 heavy (non-hydrogen) atoms. The third kappa shape index (κ3) is 5.41. The number of hydrogen-bond acceptors (Lipinski definition) is 4. The van der Waals surface area contributed by atoms with Gasteiger partial charge in [-0.15, -0.1) is 0 Å². The monoisotopic (exact) mass is 529 g/mol. The lowest BCUT2D eigenvalue weighted by Crippen LogP contribution is -2.57. The van der Waals surface area contributed by atoms with Gasteiger partial charge in [0.15, 0.2) is 0 Å². The van der Waals surface area contributed by atoms with Crippen molar-refractivity contribution < 1.29 is 46.1 Å². The van der Waals surface area contributed by atoms with E-state index < -0.39 is 52.6 Å². The first kappa shape index (κ1) is 26.8. The average Bonchev–Trinajstić information content (AvgIpc) is 2.80. The molecule has 1 heterocycles. The number of carboxylic acid groups (broad SMARTS) is 1. The number of hydrogen-bond donors (Lipinski definition) is 3. The van der Waals surface area contributed by atoms with E-state index in [0.29, 0.717) is 55.2 Å². The molecule has 2 aromatic carbocycles. The normalized spacial score (nSPS) is 22.9. The summed E-state index contributed by atoms with van der Waals surface area (Å²) in [6.07, 6.45) is -8.89. The van der Waals surface area contributed by atoms with Crippen LogP contribution in [-0.2, 0) is 23.6 Å². The molecule has 0 bridgehead atoms. The van der Waals surface area contributed by atoms with Crippen LogP contribution in [0.4, 0.5) is 26.3 Å². The minimum atomic E-state index is -4.86. The molecule has 1 saturated carbocycles. The SMILES string of the molecule is C=C(NC1CC2(CCc3ccc([C@H](O)[C@H](C)C(=O)O)cc3O2)C1)c1cc(C(F)(F)F)ccc1C(F)(F)F. The summed E-state index contributed by atoms with van der Waals surface area (Å²) in [5.74, 6) is -1.68. The number of nitrogens with one attached hydrogen (secondary N) is 1. The van der Waals surface area contributed by atoms with Crippen LogP contribution in [0.15, 0.2) is 43.0 Å². The van der Waals surface area contributed by atoms with Crippen LogP contribution in [0.3, 0.4) is 0 Å². The zero-order chi connectivity index (χ0) is 27.3. The van der Waals surface area contributed by atoms with Gasteiger partial charge in [-0.2, -0.15) is 26.3 Å². The Bertz CT molecular complexity index is 1220. The second kappa shape index (κ2) is 9.27. The summed E-state index contributed by atoms with van der Waals surface area (Å²) in [6, 6.07) is 5.89. The number of carbonyl (C=O) groups is 1. The van der Waals surface area contributed by atoms with E-state index in [1.807, 2.05) is 0 Å². The van der Waals surface area contributed by atoms with E-state index in [0.717, 1.165) is 5.56 Å². The van der Waals surface area contributed by atoms with Crippen LogP contribution in [0.5, 0.6) is 5.75 Å². The van der Waals surface area contributed by atoms with E-state index in [9.17, 15) is 36.2 Å². The molecule has 0 unspecified atom stereocenters. The predicted octanol–water partition coefficient (Wildman–Crippen LogP) is 5.97. The fraction of sp³-hybridized carbons (Fsp3) is 0.423. The number of benzene rings is 2. The Hall–Kier alpha value is -3.21. The largest absolute Gasteiger partial charge is 0.487 e. The van der Waals surface area contributed by atoms with Crippen molar-refractivity contribution in [1.29, 1.82) is 0 Å². The molecule has 2 atom stereocenters. The molecule has 5 nitrogen and oxygen atoms in total. The zero-order valence-corrected chi connectivity index (χ0v) is 19.7. The summed E-state index contributed by atoms with van der Waals surface area (Å²) in [7, 11) is 0. The van der Waals surface area contributed by atoms with E-state index in [1.54, 1.807) is 18.2 Å². The summed E-state index contributed by atoms with van der Waals surface area (Å²) in [6.45, 7) is 4.97. The first-order valence-electron chi connectivity index (χ1n) is 11.6. The lowest BCUT2D eigenvalue weighted by molar-refractivity contribution is -0.145. The number of rotatable bonds is 6. The van der Waals surface area contributed by atoms with Crippen molar-refractivity contribution in [3.63, 3.8) is 0 Å². The molecule has 3 N–H and O–H groups in total. The summed E-state index contributed by atoms with van der Waals surface area (Å²) in [5.41, 5.74) is -2.70. The topological polar surface area (TPSA) is 78.8 Å². The van der Waals surface area contributed by atoms with Crippen molar-refractivity contribution in [3.8, 4) is 5.75 Å². The van der Waals surface area contributed by atoms with E-state index in [1.165, 1.54) is 6.92 Å². The van der Waals surface area contributed by atoms with Gasteiger partial charge in [-0.3, -0.25) is 4.79 Å². The van der Waals surface area contributed by atoms with Gasteiger partial charge in [-0.25, -0.2) is 0 Å². The molecule has 11 heteroatoms. The smallest absolute Gasteiger partial charge is 0.417 e. The Morgan fingerprint density at radius 3 is 2.38 bits per heavy atom. The molecular formula is C26H25F6NO4. The molecule has 4 rings (SSSR count). The predicted molar refractivity (Wildman–Crippen MR) is 122 cm³/mol. The van der Waals surface area contributed by atoms with Gasteiger partial charge >= 0.3 is 18.3 Å². The second-order valence-electron chi connectivity index (χ2n) is 9.71. The summed E-state index contributed by atoms with van der Waals surface area (Å²) >= 11 is 0. The maximum Gasteiger partial charge on any atom is 0.417 e. The van der Waals surface area contributed by atoms with Gasteiger partial charge in [0.25, 0.3) is 0 Å². The van der Waals surface area contributed by atoms with Crippen molar-refractivity contribution in [2.45, 2.75) is 62.7 Å². The zero-order valence-electron chi connectivity index (χ0n) is 19.7. The number of aliphatic hydroxyl groups excluding tert-OH is 1. The molecule has 1 aliphatic heterocycles. The van der Waals surface area contributed by atoms with Gasteiger partial charge < -0.3 is 20.3 Å².